The lowest BCUT2D eigenvalue weighted by molar-refractivity contribution is -0.168. The molecule has 5 aliphatic carbocycles. The average Bonchev–Trinajstić information content (AvgIpc) is 3.40. The minimum Gasteiger partial charge on any atom is -0.396 e. The van der Waals surface area contributed by atoms with E-state index in [4.69, 9.17) is 0 Å². The van der Waals surface area contributed by atoms with Gasteiger partial charge < -0.3 is 20.4 Å². The first-order valence-corrected chi connectivity index (χ1v) is 14.2. The Bertz CT molecular complexity index is 910. The third-order valence-corrected chi connectivity index (χ3v) is 13.5. The Balaban J connectivity index is 1.44. The summed E-state index contributed by atoms with van der Waals surface area (Å²) in [5.41, 5.74) is 2.16. The number of aliphatic hydroxyl groups excluding tert-OH is 4. The molecule has 198 valence electrons. The molecule has 0 unspecified atom stereocenters. The summed E-state index contributed by atoms with van der Waals surface area (Å²) in [7, 11) is 0. The zero-order valence-electron chi connectivity index (χ0n) is 22.8. The van der Waals surface area contributed by atoms with E-state index in [1.54, 1.807) is 6.92 Å². The molecule has 5 rings (SSSR count). The average molecular weight is 487 g/mol. The number of hydrogen-bond donors (Lipinski definition) is 4. The van der Waals surface area contributed by atoms with Crippen molar-refractivity contribution in [3.8, 4) is 0 Å². The summed E-state index contributed by atoms with van der Waals surface area (Å²) in [5.74, 6) is 1.10. The lowest BCUT2D eigenvalue weighted by Gasteiger charge is -2.63. The molecule has 0 aromatic carbocycles. The first-order chi connectivity index (χ1) is 16.2. The van der Waals surface area contributed by atoms with Crippen LogP contribution < -0.4 is 0 Å². The van der Waals surface area contributed by atoms with Gasteiger partial charge in [-0.2, -0.15) is 0 Å². The van der Waals surface area contributed by atoms with E-state index in [0.29, 0.717) is 33.8 Å². The van der Waals surface area contributed by atoms with Gasteiger partial charge in [-0.3, -0.25) is 0 Å². The normalized spacial score (nSPS) is 50.1. The molecule has 4 heteroatoms. The van der Waals surface area contributed by atoms with Crippen molar-refractivity contribution < 1.29 is 20.4 Å². The maximum atomic E-state index is 11.2. The Labute approximate surface area is 212 Å². The summed E-state index contributed by atoms with van der Waals surface area (Å²) in [6.07, 6.45) is 8.11. The molecule has 5 aliphatic rings. The summed E-state index contributed by atoms with van der Waals surface area (Å²) < 4.78 is 0. The molecule has 4 N–H and O–H groups in total. The quantitative estimate of drug-likeness (QED) is 0.387. The van der Waals surface area contributed by atoms with E-state index >= 15 is 0 Å². The first-order valence-electron chi connectivity index (χ1n) is 14.2. The topological polar surface area (TPSA) is 80.9 Å². The molecule has 0 bridgehead atoms. The second kappa shape index (κ2) is 7.91. The Kier molecular flexibility index (Phi) is 5.87. The minimum atomic E-state index is -1.09. The van der Waals surface area contributed by atoms with E-state index in [2.05, 4.69) is 40.9 Å². The van der Waals surface area contributed by atoms with E-state index < -0.39 is 12.2 Å². The van der Waals surface area contributed by atoms with Gasteiger partial charge in [0.05, 0.1) is 12.2 Å². The first kappa shape index (κ1) is 25.9. The number of hydrogen-bond acceptors (Lipinski definition) is 4. The van der Waals surface area contributed by atoms with Crippen molar-refractivity contribution in [2.75, 3.05) is 6.61 Å². The maximum absolute atomic E-state index is 11.2. The van der Waals surface area contributed by atoms with Crippen LogP contribution in [0, 0.1) is 50.7 Å². The van der Waals surface area contributed by atoms with Crippen molar-refractivity contribution in [1.29, 1.82) is 0 Å². The molecule has 4 nitrogen and oxygen atoms in total. The molecule has 2 spiro atoms. The van der Waals surface area contributed by atoms with Crippen molar-refractivity contribution in [2.45, 2.75) is 111 Å². The van der Waals surface area contributed by atoms with Crippen LogP contribution >= 0.6 is 0 Å². The Morgan fingerprint density at radius 1 is 0.857 bits per heavy atom. The highest BCUT2D eigenvalue weighted by Crippen LogP contribution is 2.89. The lowest BCUT2D eigenvalue weighted by Crippen LogP contribution is -2.58. The summed E-state index contributed by atoms with van der Waals surface area (Å²) in [6.45, 7) is 19.1. The second-order valence-corrected chi connectivity index (χ2v) is 14.6. The van der Waals surface area contributed by atoms with Crippen molar-refractivity contribution >= 4 is 0 Å². The van der Waals surface area contributed by atoms with Gasteiger partial charge in [-0.1, -0.05) is 46.4 Å². The summed E-state index contributed by atoms with van der Waals surface area (Å²) in [4.78, 5) is 0. The Morgan fingerprint density at radius 3 is 2.11 bits per heavy atom. The zero-order valence-corrected chi connectivity index (χ0v) is 22.8. The van der Waals surface area contributed by atoms with Gasteiger partial charge in [0.15, 0.2) is 0 Å². The van der Waals surface area contributed by atoms with Crippen LogP contribution in [0.15, 0.2) is 24.3 Å². The smallest absolute Gasteiger partial charge is 0.105 e. The molecule has 5 saturated carbocycles. The van der Waals surface area contributed by atoms with Crippen LogP contribution in [0.3, 0.4) is 0 Å². The molecule has 0 aromatic rings. The van der Waals surface area contributed by atoms with E-state index in [1.807, 2.05) is 0 Å². The van der Waals surface area contributed by atoms with Gasteiger partial charge in [0.2, 0.25) is 0 Å². The molecule has 5 fully saturated rings. The molecule has 0 aliphatic heterocycles. The minimum absolute atomic E-state index is 0.000493. The van der Waals surface area contributed by atoms with Crippen molar-refractivity contribution in [1.82, 2.24) is 0 Å². The molecule has 0 radical (unpaired) electrons. The number of rotatable bonds is 6. The molecular weight excluding hydrogens is 436 g/mol. The van der Waals surface area contributed by atoms with Gasteiger partial charge in [-0.05, 0) is 115 Å². The fourth-order valence-electron chi connectivity index (χ4n) is 11.2. The lowest BCUT2D eigenvalue weighted by atomic mass is 9.41. The maximum Gasteiger partial charge on any atom is 0.105 e. The van der Waals surface area contributed by atoms with Gasteiger partial charge in [0.1, 0.15) is 6.10 Å². The molecule has 0 aromatic heterocycles. The second-order valence-electron chi connectivity index (χ2n) is 14.6. The predicted molar refractivity (Wildman–Crippen MR) is 139 cm³/mol. The molecule has 11 atom stereocenters. The van der Waals surface area contributed by atoms with E-state index in [9.17, 15) is 20.4 Å². The van der Waals surface area contributed by atoms with Crippen LogP contribution in [0.2, 0.25) is 0 Å². The molecule has 0 saturated heterocycles. The predicted octanol–water partition coefficient (Wildman–Crippen LogP) is 5.25. The molecule has 35 heavy (non-hydrogen) atoms. The summed E-state index contributed by atoms with van der Waals surface area (Å²) in [5, 5.41) is 43.4. The largest absolute Gasteiger partial charge is 0.396 e. The third kappa shape index (κ3) is 3.06. The van der Waals surface area contributed by atoms with Gasteiger partial charge in [0, 0.05) is 12.5 Å². The van der Waals surface area contributed by atoms with Gasteiger partial charge in [-0.15, -0.1) is 0 Å². The van der Waals surface area contributed by atoms with Crippen LogP contribution in [-0.2, 0) is 0 Å². The van der Waals surface area contributed by atoms with Gasteiger partial charge in [-0.25, -0.2) is 0 Å². The fraction of sp³-hybridized carbons (Fsp3) is 0.871. The van der Waals surface area contributed by atoms with Crippen molar-refractivity contribution in [2.24, 2.45) is 50.7 Å². The molecular formula is C31H50O4. The van der Waals surface area contributed by atoms with Crippen LogP contribution in [0.25, 0.3) is 0 Å². The van der Waals surface area contributed by atoms with E-state index in [1.165, 1.54) is 32.1 Å². The van der Waals surface area contributed by atoms with E-state index in [0.717, 1.165) is 25.7 Å². The van der Waals surface area contributed by atoms with Crippen molar-refractivity contribution in [3.63, 3.8) is 0 Å². The molecule has 0 heterocycles. The Morgan fingerprint density at radius 2 is 1.49 bits per heavy atom. The van der Waals surface area contributed by atoms with Gasteiger partial charge in [0.25, 0.3) is 0 Å². The van der Waals surface area contributed by atoms with Crippen LogP contribution in [-0.4, -0.2) is 45.3 Å². The van der Waals surface area contributed by atoms with Crippen LogP contribution in [0.4, 0.5) is 0 Å². The van der Waals surface area contributed by atoms with E-state index in [-0.39, 0.29) is 40.8 Å². The van der Waals surface area contributed by atoms with Crippen LogP contribution in [0.5, 0.6) is 0 Å². The monoisotopic (exact) mass is 486 g/mol. The van der Waals surface area contributed by atoms with Crippen LogP contribution in [0.1, 0.15) is 92.4 Å². The highest BCUT2D eigenvalue weighted by molar-refractivity contribution is 5.31. The van der Waals surface area contributed by atoms with Crippen molar-refractivity contribution in [3.05, 3.63) is 24.3 Å². The third-order valence-electron chi connectivity index (χ3n) is 13.5. The SMILES string of the molecule is C=C(C)C(=C)[C@H](O)[C@H](O)[C@@H](CO)[C@H]1CC[C@@]2(C)[C@@H]3CC[C@@H]4C(C)(C)[C@@H](O)CC[C@@]45C[C@@]35CC[C@]12C. The highest BCUT2D eigenvalue weighted by atomic mass is 16.3. The number of fused-ring (bicyclic) bond motifs is 2. The fourth-order valence-corrected chi connectivity index (χ4v) is 11.2. The highest BCUT2D eigenvalue weighted by Gasteiger charge is 2.82. The van der Waals surface area contributed by atoms with Gasteiger partial charge >= 0.3 is 0 Å². The molecule has 0 amide bonds. The summed E-state index contributed by atoms with van der Waals surface area (Å²) in [6, 6.07) is 0. The zero-order chi connectivity index (χ0) is 25.8. The standard InChI is InChI=1S/C31H50O4/c1-18(2)19(3)25(34)26(35)20(16-32)21-10-12-29(7)23-9-8-22-27(4,5)24(33)11-13-30(22)17-31(23,30)15-14-28(21,29)6/h20-26,32-35H,1,3,8-17H2,2,4-7H3/t20-,21+,22+,23-,24-,25-,26+,28+,29-,30+,31-/m0/s1. The Hall–Kier alpha value is -0.680. The summed E-state index contributed by atoms with van der Waals surface area (Å²) >= 11 is 0. The number of aliphatic hydroxyl groups is 4.